The lowest BCUT2D eigenvalue weighted by Gasteiger charge is -2.23. The fourth-order valence-electron chi connectivity index (χ4n) is 5.15. The molecule has 8 heteroatoms. The molecule has 1 amide bonds. The van der Waals surface area contributed by atoms with E-state index in [1.807, 2.05) is 20.8 Å². The second kappa shape index (κ2) is 9.77. The highest BCUT2D eigenvalue weighted by atomic mass is 32.2. The van der Waals surface area contributed by atoms with Crippen molar-refractivity contribution in [2.45, 2.75) is 69.4 Å². The van der Waals surface area contributed by atoms with Crippen molar-refractivity contribution in [1.82, 2.24) is 10.2 Å². The number of nitrogens with zero attached hydrogens (tertiary/aromatic N) is 2. The zero-order chi connectivity index (χ0) is 24.5. The molecule has 0 aliphatic carbocycles. The average molecular weight is 482 g/mol. The number of amides is 1. The number of carbonyl (C=O) groups is 1. The third-order valence-corrected chi connectivity index (χ3v) is 8.13. The topological polar surface area (TPSA) is 99.5 Å². The molecule has 0 radical (unpaired) electrons. The molecule has 7 nitrogen and oxygen atoms in total. The number of nitriles is 1. The quantitative estimate of drug-likeness (QED) is 0.633. The zero-order valence-electron chi connectivity index (χ0n) is 19.9. The molecule has 2 fully saturated rings. The predicted molar refractivity (Wildman–Crippen MR) is 129 cm³/mol. The van der Waals surface area contributed by atoms with Gasteiger partial charge in [0.2, 0.25) is 5.91 Å². The van der Waals surface area contributed by atoms with E-state index in [-0.39, 0.29) is 28.8 Å². The molecule has 180 valence electrons. The van der Waals surface area contributed by atoms with Gasteiger partial charge in [-0.2, -0.15) is 13.7 Å². The Bertz CT molecular complexity index is 1220. The number of hydrogen-bond donors (Lipinski definition) is 1. The Morgan fingerprint density at radius 1 is 1.24 bits per heavy atom. The number of hydrogen-bond acceptors (Lipinski definition) is 6. The third kappa shape index (κ3) is 4.82. The molecule has 2 aromatic rings. The van der Waals surface area contributed by atoms with Crippen LogP contribution < -0.4 is 9.50 Å². The Balaban J connectivity index is 1.53. The number of likely N-dealkylation sites (tertiary alicyclic amines) is 1. The lowest BCUT2D eigenvalue weighted by molar-refractivity contribution is -0.133. The first-order valence-corrected chi connectivity index (χ1v) is 13.2. The summed E-state index contributed by atoms with van der Waals surface area (Å²) in [5.41, 5.74) is 4.08. The summed E-state index contributed by atoms with van der Waals surface area (Å²) in [6.07, 6.45) is 2.98. The van der Waals surface area contributed by atoms with E-state index < -0.39 is 10.1 Å². The predicted octanol–water partition coefficient (Wildman–Crippen LogP) is 3.59. The van der Waals surface area contributed by atoms with Gasteiger partial charge in [-0.25, -0.2) is 0 Å². The molecular formula is C26H31N3O4S. The summed E-state index contributed by atoms with van der Waals surface area (Å²) < 4.78 is 31.0. The van der Waals surface area contributed by atoms with Crippen molar-refractivity contribution in [1.29, 1.82) is 5.26 Å². The highest BCUT2D eigenvalue weighted by Crippen LogP contribution is 2.35. The standard InChI is InChI=1S/C26H31N3O4S/c1-4-19-13-22(33-34(31,32)23-9-7-17(2)8-10-23)12-18(3)25(19)20-14-24(28-16-20)26(30)29-11-5-6-21(29)15-27/h7-10,12-13,20-21,24,28H,4-6,11,14,16H2,1-3H3/t20-,21-,24-/m0/s1. The maximum Gasteiger partial charge on any atom is 0.339 e. The average Bonchev–Trinajstić information content (AvgIpc) is 3.48. The summed E-state index contributed by atoms with van der Waals surface area (Å²) in [5.74, 6) is 0.437. The monoisotopic (exact) mass is 481 g/mol. The van der Waals surface area contributed by atoms with Gasteiger partial charge in [0.1, 0.15) is 16.7 Å². The smallest absolute Gasteiger partial charge is 0.339 e. The molecule has 4 rings (SSSR count). The first-order valence-electron chi connectivity index (χ1n) is 11.8. The Morgan fingerprint density at radius 2 is 1.97 bits per heavy atom. The van der Waals surface area contributed by atoms with Crippen LogP contribution in [0.3, 0.4) is 0 Å². The molecule has 0 aromatic heterocycles. The van der Waals surface area contributed by atoms with E-state index in [1.54, 1.807) is 41.3 Å². The highest BCUT2D eigenvalue weighted by Gasteiger charge is 2.38. The minimum absolute atomic E-state index is 0.00592. The maximum atomic E-state index is 13.0. The Labute approximate surface area is 201 Å². The van der Waals surface area contributed by atoms with Gasteiger partial charge in [-0.05, 0) is 86.4 Å². The Kier molecular flexibility index (Phi) is 6.96. The number of aryl methyl sites for hydroxylation is 3. The molecule has 0 spiro atoms. The van der Waals surface area contributed by atoms with Gasteiger partial charge < -0.3 is 14.4 Å². The van der Waals surface area contributed by atoms with Crippen LogP contribution in [0.5, 0.6) is 5.75 Å². The Morgan fingerprint density at radius 3 is 2.65 bits per heavy atom. The number of benzene rings is 2. The molecular weight excluding hydrogens is 450 g/mol. The van der Waals surface area contributed by atoms with Crippen molar-refractivity contribution in [2.75, 3.05) is 13.1 Å². The fourth-order valence-corrected chi connectivity index (χ4v) is 6.06. The van der Waals surface area contributed by atoms with Gasteiger partial charge >= 0.3 is 10.1 Å². The van der Waals surface area contributed by atoms with Crippen LogP contribution in [0, 0.1) is 25.2 Å². The van der Waals surface area contributed by atoms with Crippen LogP contribution in [0.2, 0.25) is 0 Å². The van der Waals surface area contributed by atoms with Crippen molar-refractivity contribution in [3.05, 3.63) is 58.7 Å². The molecule has 2 saturated heterocycles. The van der Waals surface area contributed by atoms with Crippen LogP contribution >= 0.6 is 0 Å². The first-order chi connectivity index (χ1) is 16.2. The van der Waals surface area contributed by atoms with E-state index in [0.29, 0.717) is 25.3 Å². The van der Waals surface area contributed by atoms with Gasteiger partial charge in [0.15, 0.2) is 0 Å². The van der Waals surface area contributed by atoms with Crippen molar-refractivity contribution in [3.63, 3.8) is 0 Å². The highest BCUT2D eigenvalue weighted by molar-refractivity contribution is 7.87. The van der Waals surface area contributed by atoms with Crippen LogP contribution in [-0.2, 0) is 21.3 Å². The summed E-state index contributed by atoms with van der Waals surface area (Å²) in [5, 5.41) is 12.7. The van der Waals surface area contributed by atoms with E-state index >= 15 is 0 Å². The van der Waals surface area contributed by atoms with Gasteiger partial charge in [-0.15, -0.1) is 0 Å². The SMILES string of the molecule is CCc1cc(OS(=O)(=O)c2ccc(C)cc2)cc(C)c1[C@@H]1CN[C@H](C(=O)N2CCC[C@H]2C#N)C1. The third-order valence-electron chi connectivity index (χ3n) is 6.86. The summed E-state index contributed by atoms with van der Waals surface area (Å²) in [6.45, 7) is 7.19. The molecule has 3 atom stereocenters. The number of carbonyl (C=O) groups excluding carboxylic acids is 1. The summed E-state index contributed by atoms with van der Waals surface area (Å²) >= 11 is 0. The molecule has 1 N–H and O–H groups in total. The largest absolute Gasteiger partial charge is 0.379 e. The lowest BCUT2D eigenvalue weighted by Crippen LogP contribution is -2.45. The second-order valence-corrected chi connectivity index (χ2v) is 10.8. The van der Waals surface area contributed by atoms with Crippen LogP contribution in [0.4, 0.5) is 0 Å². The second-order valence-electron chi connectivity index (χ2n) is 9.23. The van der Waals surface area contributed by atoms with Crippen LogP contribution in [0.25, 0.3) is 0 Å². The van der Waals surface area contributed by atoms with E-state index in [9.17, 15) is 18.5 Å². The first kappa shape index (κ1) is 24.2. The minimum atomic E-state index is -3.93. The van der Waals surface area contributed by atoms with Crippen LogP contribution in [-0.4, -0.2) is 44.4 Å². The summed E-state index contributed by atoms with van der Waals surface area (Å²) in [6, 6.07) is 11.8. The van der Waals surface area contributed by atoms with Crippen molar-refractivity contribution >= 4 is 16.0 Å². The van der Waals surface area contributed by atoms with Gasteiger partial charge in [-0.1, -0.05) is 24.6 Å². The Hall–Kier alpha value is -2.89. The molecule has 0 bridgehead atoms. The fraction of sp³-hybridized carbons (Fsp3) is 0.462. The van der Waals surface area contributed by atoms with Crippen LogP contribution in [0.1, 0.15) is 54.4 Å². The van der Waals surface area contributed by atoms with E-state index in [4.69, 9.17) is 4.18 Å². The van der Waals surface area contributed by atoms with E-state index in [1.165, 1.54) is 0 Å². The molecule has 2 aliphatic rings. The summed E-state index contributed by atoms with van der Waals surface area (Å²) in [4.78, 5) is 14.9. The van der Waals surface area contributed by atoms with Crippen molar-refractivity contribution in [2.24, 2.45) is 0 Å². The maximum absolute atomic E-state index is 13.0. The van der Waals surface area contributed by atoms with Crippen molar-refractivity contribution < 1.29 is 17.4 Å². The number of nitrogens with one attached hydrogen (secondary N) is 1. The molecule has 0 unspecified atom stereocenters. The van der Waals surface area contributed by atoms with E-state index in [0.717, 1.165) is 41.5 Å². The zero-order valence-corrected chi connectivity index (χ0v) is 20.7. The number of rotatable bonds is 6. The molecule has 34 heavy (non-hydrogen) atoms. The minimum Gasteiger partial charge on any atom is -0.379 e. The summed E-state index contributed by atoms with van der Waals surface area (Å²) in [7, 11) is -3.93. The van der Waals surface area contributed by atoms with E-state index in [2.05, 4.69) is 11.4 Å². The molecule has 2 aromatic carbocycles. The van der Waals surface area contributed by atoms with Gasteiger partial charge in [0, 0.05) is 13.1 Å². The lowest BCUT2D eigenvalue weighted by atomic mass is 9.87. The molecule has 0 saturated carbocycles. The van der Waals surface area contributed by atoms with Crippen LogP contribution in [0.15, 0.2) is 41.3 Å². The molecule has 2 heterocycles. The van der Waals surface area contributed by atoms with Gasteiger partial charge in [-0.3, -0.25) is 4.79 Å². The van der Waals surface area contributed by atoms with Crippen molar-refractivity contribution in [3.8, 4) is 11.8 Å². The normalized spacial score (nSPS) is 22.5. The van der Waals surface area contributed by atoms with Gasteiger partial charge in [0.05, 0.1) is 12.1 Å². The van der Waals surface area contributed by atoms with Gasteiger partial charge in [0.25, 0.3) is 0 Å². The molecule has 2 aliphatic heterocycles.